The summed E-state index contributed by atoms with van der Waals surface area (Å²) in [7, 11) is 1.58. The summed E-state index contributed by atoms with van der Waals surface area (Å²) in [5.41, 5.74) is 7.38. The van der Waals surface area contributed by atoms with Crippen molar-refractivity contribution in [2.45, 2.75) is 25.9 Å². The molecule has 17 heavy (non-hydrogen) atoms. The first kappa shape index (κ1) is 13.5. The van der Waals surface area contributed by atoms with E-state index >= 15 is 0 Å². The molecule has 0 saturated carbocycles. The Morgan fingerprint density at radius 3 is 2.59 bits per heavy atom. The Hall–Kier alpha value is -1.55. The summed E-state index contributed by atoms with van der Waals surface area (Å²) in [6, 6.07) is 7.49. The third-order valence-corrected chi connectivity index (χ3v) is 2.33. The Kier molecular flexibility index (Phi) is 5.49. The number of rotatable bonds is 6. The molecule has 0 amide bonds. The SMILES string of the molecule is COCC(C)OC(=O)CCc1ccc(N)cc1. The van der Waals surface area contributed by atoms with Gasteiger partial charge in [0.25, 0.3) is 0 Å². The Balaban J connectivity index is 2.30. The molecule has 0 radical (unpaired) electrons. The van der Waals surface area contributed by atoms with Gasteiger partial charge >= 0.3 is 5.97 Å². The molecule has 0 saturated heterocycles. The normalized spacial score (nSPS) is 12.1. The zero-order valence-electron chi connectivity index (χ0n) is 10.3. The van der Waals surface area contributed by atoms with E-state index in [1.165, 1.54) is 0 Å². The molecule has 0 heterocycles. The molecule has 0 aromatic heterocycles. The van der Waals surface area contributed by atoms with Crippen LogP contribution in [0.25, 0.3) is 0 Å². The minimum absolute atomic E-state index is 0.195. The van der Waals surface area contributed by atoms with E-state index in [1.807, 2.05) is 31.2 Å². The summed E-state index contributed by atoms with van der Waals surface area (Å²) >= 11 is 0. The lowest BCUT2D eigenvalue weighted by atomic mass is 10.1. The standard InChI is InChI=1S/C13H19NO3/c1-10(9-16-2)17-13(15)8-5-11-3-6-12(14)7-4-11/h3-4,6-7,10H,5,8-9,14H2,1-2H3. The van der Waals surface area contributed by atoms with Gasteiger partial charge in [-0.3, -0.25) is 4.79 Å². The maximum atomic E-state index is 11.5. The average molecular weight is 237 g/mol. The largest absolute Gasteiger partial charge is 0.460 e. The molecule has 1 unspecified atom stereocenters. The van der Waals surface area contributed by atoms with Gasteiger partial charge in [-0.15, -0.1) is 0 Å². The van der Waals surface area contributed by atoms with Gasteiger partial charge in [0.05, 0.1) is 6.61 Å². The van der Waals surface area contributed by atoms with E-state index in [0.29, 0.717) is 19.4 Å². The number of carbonyl (C=O) groups excluding carboxylic acids is 1. The second-order valence-corrected chi connectivity index (χ2v) is 4.00. The monoisotopic (exact) mass is 237 g/mol. The first-order valence-electron chi connectivity index (χ1n) is 5.64. The van der Waals surface area contributed by atoms with Crippen LogP contribution in [0.2, 0.25) is 0 Å². The highest BCUT2D eigenvalue weighted by molar-refractivity contribution is 5.69. The number of aryl methyl sites for hydroxylation is 1. The third kappa shape index (κ3) is 5.36. The van der Waals surface area contributed by atoms with Crippen LogP contribution in [0.4, 0.5) is 5.69 Å². The lowest BCUT2D eigenvalue weighted by Crippen LogP contribution is -2.19. The molecule has 2 N–H and O–H groups in total. The molecule has 1 atom stereocenters. The van der Waals surface area contributed by atoms with E-state index in [1.54, 1.807) is 7.11 Å². The fraction of sp³-hybridized carbons (Fsp3) is 0.462. The van der Waals surface area contributed by atoms with Crippen molar-refractivity contribution in [3.05, 3.63) is 29.8 Å². The van der Waals surface area contributed by atoms with Crippen molar-refractivity contribution >= 4 is 11.7 Å². The molecule has 1 rings (SSSR count). The second-order valence-electron chi connectivity index (χ2n) is 4.00. The minimum atomic E-state index is -0.202. The molecule has 1 aromatic rings. The van der Waals surface area contributed by atoms with Crippen molar-refractivity contribution in [2.75, 3.05) is 19.5 Å². The number of esters is 1. The Morgan fingerprint density at radius 1 is 1.35 bits per heavy atom. The highest BCUT2D eigenvalue weighted by Crippen LogP contribution is 2.08. The summed E-state index contributed by atoms with van der Waals surface area (Å²) < 4.78 is 10.0. The Bertz CT molecular complexity index is 348. The summed E-state index contributed by atoms with van der Waals surface area (Å²) in [5, 5.41) is 0. The van der Waals surface area contributed by atoms with Gasteiger partial charge in [0, 0.05) is 19.2 Å². The van der Waals surface area contributed by atoms with Crippen LogP contribution >= 0.6 is 0 Å². The minimum Gasteiger partial charge on any atom is -0.460 e. The fourth-order valence-electron chi connectivity index (χ4n) is 1.48. The average Bonchev–Trinajstić information content (AvgIpc) is 2.28. The maximum absolute atomic E-state index is 11.5. The highest BCUT2D eigenvalue weighted by atomic mass is 16.6. The van der Waals surface area contributed by atoms with E-state index in [9.17, 15) is 4.79 Å². The fourth-order valence-corrected chi connectivity index (χ4v) is 1.48. The summed E-state index contributed by atoms with van der Waals surface area (Å²) in [4.78, 5) is 11.5. The van der Waals surface area contributed by atoms with E-state index in [-0.39, 0.29) is 12.1 Å². The van der Waals surface area contributed by atoms with Gasteiger partial charge in [-0.25, -0.2) is 0 Å². The number of nitrogen functional groups attached to an aromatic ring is 1. The molecular formula is C13H19NO3. The number of carbonyl (C=O) groups is 1. The van der Waals surface area contributed by atoms with Gasteiger partial charge in [-0.05, 0) is 31.0 Å². The summed E-state index contributed by atoms with van der Waals surface area (Å²) in [6.07, 6.45) is 0.843. The van der Waals surface area contributed by atoms with E-state index in [2.05, 4.69) is 0 Å². The third-order valence-electron chi connectivity index (χ3n) is 2.33. The number of nitrogens with two attached hydrogens (primary N) is 1. The van der Waals surface area contributed by atoms with Crippen LogP contribution in [0, 0.1) is 0 Å². The maximum Gasteiger partial charge on any atom is 0.306 e. The van der Waals surface area contributed by atoms with E-state index < -0.39 is 0 Å². The van der Waals surface area contributed by atoms with Crippen LogP contribution in [-0.2, 0) is 20.7 Å². The molecule has 0 fully saturated rings. The topological polar surface area (TPSA) is 61.5 Å². The number of anilines is 1. The molecule has 94 valence electrons. The molecule has 0 aliphatic carbocycles. The quantitative estimate of drug-likeness (QED) is 0.605. The van der Waals surface area contributed by atoms with Crippen molar-refractivity contribution < 1.29 is 14.3 Å². The van der Waals surface area contributed by atoms with Crippen LogP contribution in [-0.4, -0.2) is 25.8 Å². The number of benzene rings is 1. The van der Waals surface area contributed by atoms with Crippen molar-refractivity contribution in [1.29, 1.82) is 0 Å². The van der Waals surface area contributed by atoms with Crippen molar-refractivity contribution in [3.8, 4) is 0 Å². The molecule has 0 spiro atoms. The van der Waals surface area contributed by atoms with Crippen LogP contribution in [0.3, 0.4) is 0 Å². The molecular weight excluding hydrogens is 218 g/mol. The van der Waals surface area contributed by atoms with E-state index in [4.69, 9.17) is 15.2 Å². The zero-order valence-corrected chi connectivity index (χ0v) is 10.3. The van der Waals surface area contributed by atoms with E-state index in [0.717, 1.165) is 11.3 Å². The molecule has 4 heteroatoms. The molecule has 0 aliphatic heterocycles. The van der Waals surface area contributed by atoms with Crippen LogP contribution in [0.15, 0.2) is 24.3 Å². The number of ether oxygens (including phenoxy) is 2. The van der Waals surface area contributed by atoms with Gasteiger partial charge in [-0.1, -0.05) is 12.1 Å². The summed E-state index contributed by atoms with van der Waals surface area (Å²) in [5.74, 6) is -0.202. The van der Waals surface area contributed by atoms with Gasteiger partial charge in [0.1, 0.15) is 6.10 Å². The number of methoxy groups -OCH3 is 1. The predicted octanol–water partition coefficient (Wildman–Crippen LogP) is 1.78. The van der Waals surface area contributed by atoms with Crippen molar-refractivity contribution in [1.82, 2.24) is 0 Å². The number of hydrogen-bond donors (Lipinski definition) is 1. The molecule has 0 bridgehead atoms. The van der Waals surface area contributed by atoms with Crippen molar-refractivity contribution in [3.63, 3.8) is 0 Å². The van der Waals surface area contributed by atoms with Gasteiger partial charge < -0.3 is 15.2 Å². The first-order chi connectivity index (χ1) is 8.11. The van der Waals surface area contributed by atoms with Crippen LogP contribution in [0.1, 0.15) is 18.9 Å². The lowest BCUT2D eigenvalue weighted by molar-refractivity contribution is -0.150. The summed E-state index contributed by atoms with van der Waals surface area (Å²) in [6.45, 7) is 2.23. The predicted molar refractivity (Wildman–Crippen MR) is 66.6 cm³/mol. The van der Waals surface area contributed by atoms with Gasteiger partial charge in [0.2, 0.25) is 0 Å². The smallest absolute Gasteiger partial charge is 0.306 e. The molecule has 4 nitrogen and oxygen atoms in total. The van der Waals surface area contributed by atoms with Gasteiger partial charge in [0.15, 0.2) is 0 Å². The van der Waals surface area contributed by atoms with Gasteiger partial charge in [-0.2, -0.15) is 0 Å². The molecule has 0 aliphatic rings. The first-order valence-corrected chi connectivity index (χ1v) is 5.64. The Labute approximate surface area is 102 Å². The second kappa shape index (κ2) is 6.91. The van der Waals surface area contributed by atoms with Crippen LogP contribution < -0.4 is 5.73 Å². The lowest BCUT2D eigenvalue weighted by Gasteiger charge is -2.11. The van der Waals surface area contributed by atoms with Crippen molar-refractivity contribution in [2.24, 2.45) is 0 Å². The highest BCUT2D eigenvalue weighted by Gasteiger charge is 2.09. The Morgan fingerprint density at radius 2 is 2.00 bits per heavy atom. The molecule has 1 aromatic carbocycles. The zero-order chi connectivity index (χ0) is 12.7. The number of hydrogen-bond acceptors (Lipinski definition) is 4. The van der Waals surface area contributed by atoms with Crippen LogP contribution in [0.5, 0.6) is 0 Å².